The predicted octanol–water partition coefficient (Wildman–Crippen LogP) is 5.77. The lowest BCUT2D eigenvalue weighted by Crippen LogP contribution is -2.26. The molecular weight excluding hydrogens is 382 g/mol. The van der Waals surface area contributed by atoms with Crippen molar-refractivity contribution in [3.63, 3.8) is 0 Å². The van der Waals surface area contributed by atoms with E-state index in [-0.39, 0.29) is 0 Å². The Balaban J connectivity index is 1.97. The molecule has 2 aromatic carbocycles. The van der Waals surface area contributed by atoms with Gasteiger partial charge in [-0.3, -0.25) is 0 Å². The lowest BCUT2D eigenvalue weighted by atomic mass is 10.2. The molecular formula is C20H20BrNO3. The van der Waals surface area contributed by atoms with E-state index < -0.39 is 11.7 Å². The van der Waals surface area contributed by atoms with Crippen LogP contribution < -0.4 is 4.74 Å². The highest BCUT2D eigenvalue weighted by Crippen LogP contribution is 2.34. The lowest BCUT2D eigenvalue weighted by Gasteiger charge is -2.20. The Kier molecular flexibility index (Phi) is 4.86. The van der Waals surface area contributed by atoms with E-state index in [1.807, 2.05) is 69.3 Å². The summed E-state index contributed by atoms with van der Waals surface area (Å²) in [6.07, 6.45) is 1.28. The first-order valence-electron chi connectivity index (χ1n) is 8.05. The average molecular weight is 402 g/mol. The van der Waals surface area contributed by atoms with Gasteiger partial charge in [0.2, 0.25) is 0 Å². The second-order valence-corrected chi connectivity index (χ2v) is 7.61. The third-order valence-electron chi connectivity index (χ3n) is 3.57. The van der Waals surface area contributed by atoms with Crippen LogP contribution in [0.1, 0.15) is 26.3 Å². The Hall–Kier alpha value is -2.27. The number of ether oxygens (including phenoxy) is 2. The highest BCUT2D eigenvalue weighted by atomic mass is 79.9. The van der Waals surface area contributed by atoms with Gasteiger partial charge in [-0.25, -0.2) is 9.36 Å². The molecule has 0 aliphatic rings. The van der Waals surface area contributed by atoms with E-state index in [4.69, 9.17) is 9.47 Å². The number of para-hydroxylation sites is 1. The van der Waals surface area contributed by atoms with E-state index >= 15 is 0 Å². The van der Waals surface area contributed by atoms with Crippen molar-refractivity contribution >= 4 is 32.9 Å². The van der Waals surface area contributed by atoms with Crippen LogP contribution in [0.3, 0.4) is 0 Å². The predicted molar refractivity (Wildman–Crippen MR) is 102 cm³/mol. The van der Waals surface area contributed by atoms with Crippen molar-refractivity contribution in [1.82, 2.24) is 4.57 Å². The Bertz CT molecular complexity index is 894. The first-order valence-corrected chi connectivity index (χ1v) is 8.84. The summed E-state index contributed by atoms with van der Waals surface area (Å²) < 4.78 is 13.8. The monoisotopic (exact) mass is 401 g/mol. The van der Waals surface area contributed by atoms with E-state index in [9.17, 15) is 4.79 Å². The highest BCUT2D eigenvalue weighted by molar-refractivity contribution is 9.10. The maximum atomic E-state index is 12.6. The second-order valence-electron chi connectivity index (χ2n) is 6.75. The maximum Gasteiger partial charge on any atom is 0.419 e. The van der Waals surface area contributed by atoms with E-state index in [1.54, 1.807) is 6.20 Å². The molecule has 0 aliphatic heterocycles. The van der Waals surface area contributed by atoms with Gasteiger partial charge in [-0.15, -0.1) is 0 Å². The van der Waals surface area contributed by atoms with Crippen LogP contribution in [0.5, 0.6) is 5.75 Å². The Morgan fingerprint density at radius 2 is 1.80 bits per heavy atom. The molecule has 0 amide bonds. The fourth-order valence-corrected chi connectivity index (χ4v) is 3.04. The standard InChI is InChI=1S/C20H20BrNO3/c1-20(2,3)25-19(23)22-12-16(21)15-10-7-11-17(18(15)22)24-13-14-8-5-4-6-9-14/h4-12H,13H2,1-3H3. The number of hydrogen-bond acceptors (Lipinski definition) is 3. The topological polar surface area (TPSA) is 40.5 Å². The summed E-state index contributed by atoms with van der Waals surface area (Å²) in [4.78, 5) is 12.6. The quantitative estimate of drug-likeness (QED) is 0.559. The van der Waals surface area contributed by atoms with Crippen LogP contribution in [0.15, 0.2) is 59.2 Å². The van der Waals surface area contributed by atoms with Gasteiger partial charge in [0.25, 0.3) is 0 Å². The number of fused-ring (bicyclic) bond motifs is 1. The van der Waals surface area contributed by atoms with Crippen molar-refractivity contribution in [2.45, 2.75) is 33.0 Å². The molecule has 0 saturated carbocycles. The van der Waals surface area contributed by atoms with Crippen molar-refractivity contribution in [3.8, 4) is 5.75 Å². The van der Waals surface area contributed by atoms with Gasteiger partial charge >= 0.3 is 6.09 Å². The maximum absolute atomic E-state index is 12.6. The third kappa shape index (κ3) is 4.04. The Morgan fingerprint density at radius 1 is 1.08 bits per heavy atom. The lowest BCUT2D eigenvalue weighted by molar-refractivity contribution is 0.0543. The number of aromatic nitrogens is 1. The minimum Gasteiger partial charge on any atom is -0.487 e. The number of benzene rings is 2. The fraction of sp³-hybridized carbons (Fsp3) is 0.250. The van der Waals surface area contributed by atoms with Gasteiger partial charge in [-0.1, -0.05) is 42.5 Å². The third-order valence-corrected chi connectivity index (χ3v) is 4.20. The molecule has 0 spiro atoms. The zero-order valence-electron chi connectivity index (χ0n) is 14.5. The largest absolute Gasteiger partial charge is 0.487 e. The van der Waals surface area contributed by atoms with Crippen molar-refractivity contribution in [2.24, 2.45) is 0 Å². The Morgan fingerprint density at radius 3 is 2.48 bits per heavy atom. The first-order chi connectivity index (χ1) is 11.8. The summed E-state index contributed by atoms with van der Waals surface area (Å²) in [5, 5.41) is 0.899. The van der Waals surface area contributed by atoms with E-state index in [0.717, 1.165) is 15.4 Å². The molecule has 1 aromatic heterocycles. The van der Waals surface area contributed by atoms with Crippen molar-refractivity contribution in [1.29, 1.82) is 0 Å². The minimum atomic E-state index is -0.569. The van der Waals surface area contributed by atoms with Crippen LogP contribution >= 0.6 is 15.9 Å². The molecule has 3 aromatic rings. The van der Waals surface area contributed by atoms with Crippen LogP contribution in [-0.4, -0.2) is 16.3 Å². The minimum absolute atomic E-state index is 0.428. The second kappa shape index (κ2) is 6.92. The van der Waals surface area contributed by atoms with E-state index in [1.165, 1.54) is 4.57 Å². The number of carbonyl (C=O) groups excluding carboxylic acids is 1. The molecule has 1 heterocycles. The number of hydrogen-bond donors (Lipinski definition) is 0. The first kappa shape index (κ1) is 17.5. The van der Waals surface area contributed by atoms with Crippen LogP contribution in [0.4, 0.5) is 4.79 Å². The molecule has 3 rings (SSSR count). The molecule has 0 atom stereocenters. The molecule has 0 radical (unpaired) electrons. The van der Waals surface area contributed by atoms with Gasteiger partial charge in [0.05, 0.1) is 0 Å². The van der Waals surface area contributed by atoms with Gasteiger partial charge in [0.15, 0.2) is 0 Å². The zero-order valence-corrected chi connectivity index (χ0v) is 16.0. The molecule has 0 bridgehead atoms. The van der Waals surface area contributed by atoms with Crippen LogP contribution in [0.25, 0.3) is 10.9 Å². The van der Waals surface area contributed by atoms with Gasteiger partial charge in [0.1, 0.15) is 23.5 Å². The summed E-state index contributed by atoms with van der Waals surface area (Å²) in [6.45, 7) is 5.96. The summed E-state index contributed by atoms with van der Waals surface area (Å²) >= 11 is 3.51. The molecule has 5 heteroatoms. The molecule has 130 valence electrons. The van der Waals surface area contributed by atoms with Crippen LogP contribution in [0, 0.1) is 0 Å². The SMILES string of the molecule is CC(C)(C)OC(=O)n1cc(Br)c2cccc(OCc3ccccc3)c21. The molecule has 25 heavy (non-hydrogen) atoms. The van der Waals surface area contributed by atoms with Crippen molar-refractivity contribution < 1.29 is 14.3 Å². The van der Waals surface area contributed by atoms with Crippen molar-refractivity contribution in [2.75, 3.05) is 0 Å². The van der Waals surface area contributed by atoms with Gasteiger partial charge < -0.3 is 9.47 Å². The zero-order chi connectivity index (χ0) is 18.0. The molecule has 0 aliphatic carbocycles. The Labute approximate surface area is 155 Å². The summed E-state index contributed by atoms with van der Waals surface area (Å²) in [7, 11) is 0. The van der Waals surface area contributed by atoms with Gasteiger partial charge in [-0.05, 0) is 48.3 Å². The fourth-order valence-electron chi connectivity index (χ4n) is 2.52. The summed E-state index contributed by atoms with van der Waals surface area (Å²) in [5.74, 6) is 0.637. The molecule has 4 nitrogen and oxygen atoms in total. The van der Waals surface area contributed by atoms with Crippen LogP contribution in [0.2, 0.25) is 0 Å². The van der Waals surface area contributed by atoms with Gasteiger partial charge in [-0.2, -0.15) is 0 Å². The summed E-state index contributed by atoms with van der Waals surface area (Å²) in [5.41, 5.74) is 1.19. The smallest absolute Gasteiger partial charge is 0.419 e. The number of nitrogens with zero attached hydrogens (tertiary/aromatic N) is 1. The number of carbonyl (C=O) groups is 1. The van der Waals surface area contributed by atoms with E-state index in [2.05, 4.69) is 15.9 Å². The molecule has 0 N–H and O–H groups in total. The average Bonchev–Trinajstić information content (AvgIpc) is 2.90. The molecule has 0 unspecified atom stereocenters. The molecule has 0 fully saturated rings. The van der Waals surface area contributed by atoms with Crippen LogP contribution in [-0.2, 0) is 11.3 Å². The van der Waals surface area contributed by atoms with Gasteiger partial charge in [0, 0.05) is 16.1 Å². The number of halogens is 1. The normalized spacial score (nSPS) is 11.5. The van der Waals surface area contributed by atoms with Crippen molar-refractivity contribution in [3.05, 3.63) is 64.8 Å². The summed E-state index contributed by atoms with van der Waals surface area (Å²) in [6, 6.07) is 15.6. The molecule has 0 saturated heterocycles. The highest BCUT2D eigenvalue weighted by Gasteiger charge is 2.22. The number of rotatable bonds is 3. The van der Waals surface area contributed by atoms with E-state index in [0.29, 0.717) is 17.9 Å².